The molecule has 0 aliphatic rings. The quantitative estimate of drug-likeness (QED) is 0.326. The van der Waals surface area contributed by atoms with Crippen LogP contribution in [0.4, 0.5) is 5.69 Å². The lowest BCUT2D eigenvalue weighted by atomic mass is 10.0. The first kappa shape index (κ1) is 21.8. The Bertz CT molecular complexity index is 900. The van der Waals surface area contributed by atoms with E-state index in [1.54, 1.807) is 36.4 Å². The van der Waals surface area contributed by atoms with E-state index in [0.29, 0.717) is 30.8 Å². The highest BCUT2D eigenvalue weighted by molar-refractivity contribution is 6.07. The fourth-order valence-electron chi connectivity index (χ4n) is 2.95. The summed E-state index contributed by atoms with van der Waals surface area (Å²) in [7, 11) is 1.53. The van der Waals surface area contributed by atoms with Gasteiger partial charge in [-0.3, -0.25) is 4.79 Å². The average Bonchev–Trinajstić information content (AvgIpc) is 2.73. The molecule has 2 aromatic rings. The van der Waals surface area contributed by atoms with Crippen molar-refractivity contribution in [3.63, 3.8) is 0 Å². The van der Waals surface area contributed by atoms with Gasteiger partial charge in [0, 0.05) is 36.0 Å². The zero-order valence-electron chi connectivity index (χ0n) is 16.8. The van der Waals surface area contributed by atoms with Gasteiger partial charge in [-0.05, 0) is 54.5 Å². The minimum absolute atomic E-state index is 0.115. The zero-order chi connectivity index (χ0) is 21.2. The van der Waals surface area contributed by atoms with E-state index >= 15 is 0 Å². The fourth-order valence-corrected chi connectivity index (χ4v) is 2.95. The van der Waals surface area contributed by atoms with Crippen LogP contribution in [0.15, 0.2) is 80.4 Å². The second-order valence-electron chi connectivity index (χ2n) is 6.44. The topological polar surface area (TPSA) is 49.8 Å². The molecule has 2 rings (SSSR count). The fraction of sp³-hybridized carbons (Fsp3) is 0.160. The number of ketones is 1. The van der Waals surface area contributed by atoms with E-state index in [9.17, 15) is 9.90 Å². The van der Waals surface area contributed by atoms with Crippen LogP contribution in [0.1, 0.15) is 21.5 Å². The molecular weight excluding hydrogens is 362 g/mol. The van der Waals surface area contributed by atoms with Crippen LogP contribution >= 0.6 is 0 Å². The molecule has 0 heterocycles. The molecule has 150 valence electrons. The number of benzene rings is 2. The van der Waals surface area contributed by atoms with Gasteiger partial charge < -0.3 is 14.7 Å². The number of carbonyl (C=O) groups is 1. The molecule has 29 heavy (non-hydrogen) atoms. The van der Waals surface area contributed by atoms with Crippen molar-refractivity contribution < 1.29 is 14.6 Å². The van der Waals surface area contributed by atoms with Gasteiger partial charge in [-0.15, -0.1) is 19.7 Å². The number of phenols is 1. The van der Waals surface area contributed by atoms with Gasteiger partial charge in [-0.1, -0.05) is 18.2 Å². The highest BCUT2D eigenvalue weighted by Crippen LogP contribution is 2.30. The number of allylic oxidation sites excluding steroid dienone is 2. The number of anilines is 1. The van der Waals surface area contributed by atoms with Crippen LogP contribution < -0.4 is 9.64 Å². The maximum atomic E-state index is 12.6. The minimum Gasteiger partial charge on any atom is -0.508 e. The number of ether oxygens (including phenoxy) is 1. The predicted octanol–water partition coefficient (Wildman–Crippen LogP) is 5.20. The molecule has 0 amide bonds. The molecular formula is C25H27NO3. The van der Waals surface area contributed by atoms with Crippen molar-refractivity contribution in [2.45, 2.75) is 6.42 Å². The van der Waals surface area contributed by atoms with E-state index in [1.807, 2.05) is 24.3 Å². The Morgan fingerprint density at radius 3 is 2.28 bits per heavy atom. The van der Waals surface area contributed by atoms with Gasteiger partial charge in [-0.2, -0.15) is 0 Å². The van der Waals surface area contributed by atoms with Crippen LogP contribution in [0, 0.1) is 0 Å². The van der Waals surface area contributed by atoms with Gasteiger partial charge in [0.05, 0.1) is 7.11 Å². The Kier molecular flexibility index (Phi) is 8.04. The molecule has 0 fully saturated rings. The lowest BCUT2D eigenvalue weighted by Crippen LogP contribution is -2.22. The zero-order valence-corrected chi connectivity index (χ0v) is 16.8. The van der Waals surface area contributed by atoms with Crippen molar-refractivity contribution >= 4 is 17.5 Å². The number of hydrogen-bond acceptors (Lipinski definition) is 4. The number of hydrogen-bond donors (Lipinski definition) is 1. The van der Waals surface area contributed by atoms with Gasteiger partial charge in [0.2, 0.25) is 0 Å². The third kappa shape index (κ3) is 5.72. The van der Waals surface area contributed by atoms with Crippen LogP contribution in [0.3, 0.4) is 0 Å². The SMILES string of the molecule is C=CCc1cc(/C=C/C(=O)c2ccc(N(CC=C)CC=C)cc2)c(OC)cc1O. The molecule has 0 unspecified atom stereocenters. The van der Waals surface area contributed by atoms with Crippen molar-refractivity contribution in [3.8, 4) is 11.5 Å². The lowest BCUT2D eigenvalue weighted by Gasteiger charge is -2.21. The van der Waals surface area contributed by atoms with E-state index in [2.05, 4.69) is 24.6 Å². The van der Waals surface area contributed by atoms with E-state index < -0.39 is 0 Å². The highest BCUT2D eigenvalue weighted by Gasteiger charge is 2.09. The van der Waals surface area contributed by atoms with Crippen molar-refractivity contribution in [1.29, 1.82) is 0 Å². The lowest BCUT2D eigenvalue weighted by molar-refractivity contribution is 0.104. The maximum Gasteiger partial charge on any atom is 0.185 e. The van der Waals surface area contributed by atoms with Gasteiger partial charge in [0.1, 0.15) is 11.5 Å². The molecule has 4 nitrogen and oxygen atoms in total. The normalized spacial score (nSPS) is 10.5. The van der Waals surface area contributed by atoms with E-state index in [4.69, 9.17) is 4.74 Å². The number of phenolic OH excluding ortho intramolecular Hbond substituents is 1. The van der Waals surface area contributed by atoms with Gasteiger partial charge >= 0.3 is 0 Å². The van der Waals surface area contributed by atoms with Crippen LogP contribution in [0.5, 0.6) is 11.5 Å². The summed E-state index contributed by atoms with van der Waals surface area (Å²) in [6.07, 6.45) is 9.10. The number of aromatic hydroxyl groups is 1. The molecule has 0 saturated heterocycles. The molecule has 4 heteroatoms. The first-order valence-corrected chi connectivity index (χ1v) is 9.34. The Morgan fingerprint density at radius 2 is 1.72 bits per heavy atom. The molecule has 0 aromatic heterocycles. The summed E-state index contributed by atoms with van der Waals surface area (Å²) in [5.41, 5.74) is 3.03. The predicted molar refractivity (Wildman–Crippen MR) is 121 cm³/mol. The summed E-state index contributed by atoms with van der Waals surface area (Å²) in [6, 6.07) is 10.8. The Morgan fingerprint density at radius 1 is 1.07 bits per heavy atom. The number of rotatable bonds is 11. The Labute approximate surface area is 172 Å². The summed E-state index contributed by atoms with van der Waals surface area (Å²) >= 11 is 0. The molecule has 0 aliphatic carbocycles. The minimum atomic E-state index is -0.115. The van der Waals surface area contributed by atoms with Crippen LogP contribution in [-0.4, -0.2) is 31.1 Å². The van der Waals surface area contributed by atoms with Crippen LogP contribution in [0.25, 0.3) is 6.08 Å². The summed E-state index contributed by atoms with van der Waals surface area (Å²) in [5.74, 6) is 0.527. The smallest absolute Gasteiger partial charge is 0.185 e. The molecule has 0 bridgehead atoms. The number of methoxy groups -OCH3 is 1. The Balaban J connectivity index is 2.22. The molecule has 1 N–H and O–H groups in total. The second-order valence-corrected chi connectivity index (χ2v) is 6.44. The van der Waals surface area contributed by atoms with Crippen molar-refractivity contribution in [2.24, 2.45) is 0 Å². The van der Waals surface area contributed by atoms with Crippen LogP contribution in [0.2, 0.25) is 0 Å². The molecule has 0 spiro atoms. The van der Waals surface area contributed by atoms with Crippen molar-refractivity contribution in [2.75, 3.05) is 25.1 Å². The average molecular weight is 389 g/mol. The highest BCUT2D eigenvalue weighted by atomic mass is 16.5. The first-order chi connectivity index (χ1) is 14.0. The van der Waals surface area contributed by atoms with E-state index in [-0.39, 0.29) is 11.5 Å². The van der Waals surface area contributed by atoms with Crippen molar-refractivity contribution in [1.82, 2.24) is 0 Å². The van der Waals surface area contributed by atoms with E-state index in [1.165, 1.54) is 13.2 Å². The molecule has 0 aliphatic heterocycles. The maximum absolute atomic E-state index is 12.6. The standard InChI is InChI=1S/C25H27NO3/c1-5-8-20-17-21(25(29-4)18-24(20)28)11-14-23(27)19-9-12-22(13-10-19)26(15-6-2)16-7-3/h5-7,9-14,17-18,28H,1-3,8,15-16H2,4H3/b14-11+. The summed E-state index contributed by atoms with van der Waals surface area (Å²) in [5, 5.41) is 10.0. The molecule has 0 radical (unpaired) electrons. The molecule has 2 aromatic carbocycles. The summed E-state index contributed by atoms with van der Waals surface area (Å²) in [6.45, 7) is 12.6. The number of nitrogens with zero attached hydrogens (tertiary/aromatic N) is 1. The van der Waals surface area contributed by atoms with E-state index in [0.717, 1.165) is 16.8 Å². The van der Waals surface area contributed by atoms with Gasteiger partial charge in [0.25, 0.3) is 0 Å². The van der Waals surface area contributed by atoms with Crippen LogP contribution in [-0.2, 0) is 6.42 Å². The third-order valence-corrected chi connectivity index (χ3v) is 4.43. The summed E-state index contributed by atoms with van der Waals surface area (Å²) in [4.78, 5) is 14.7. The largest absolute Gasteiger partial charge is 0.508 e. The number of carbonyl (C=O) groups excluding carboxylic acids is 1. The molecule has 0 saturated carbocycles. The third-order valence-electron chi connectivity index (χ3n) is 4.43. The monoisotopic (exact) mass is 389 g/mol. The first-order valence-electron chi connectivity index (χ1n) is 9.34. The Hall–Kier alpha value is -3.53. The second kappa shape index (κ2) is 10.7. The van der Waals surface area contributed by atoms with Gasteiger partial charge in [0.15, 0.2) is 5.78 Å². The molecule has 0 atom stereocenters. The van der Waals surface area contributed by atoms with Crippen molar-refractivity contribution in [3.05, 3.63) is 97.1 Å². The summed E-state index contributed by atoms with van der Waals surface area (Å²) < 4.78 is 5.32. The van der Waals surface area contributed by atoms with Gasteiger partial charge in [-0.25, -0.2) is 0 Å².